The maximum absolute atomic E-state index is 11.9. The number of anilines is 2. The standard InChI is InChI=1S/C17H21N5O/c1-12-19-14(15-7-4-6-10-22(15)13(2)23)11-17(20-12)21-16-8-3-5-9-18-16/h3,5,8-9,11,15H,4,6-7,10H2,1-2H3,(H,18,19,20,21)/t15-/m0/s1. The summed E-state index contributed by atoms with van der Waals surface area (Å²) in [5.41, 5.74) is 0.894. The van der Waals surface area contributed by atoms with Gasteiger partial charge in [-0.1, -0.05) is 6.07 Å². The fraction of sp³-hybridized carbons (Fsp3) is 0.412. The molecule has 23 heavy (non-hydrogen) atoms. The fourth-order valence-corrected chi connectivity index (χ4v) is 3.01. The molecule has 0 spiro atoms. The van der Waals surface area contributed by atoms with E-state index in [1.165, 1.54) is 0 Å². The summed E-state index contributed by atoms with van der Waals surface area (Å²) < 4.78 is 0. The van der Waals surface area contributed by atoms with Gasteiger partial charge in [0.2, 0.25) is 5.91 Å². The molecule has 1 aliphatic heterocycles. The number of rotatable bonds is 3. The van der Waals surface area contributed by atoms with Crippen LogP contribution in [0.15, 0.2) is 30.5 Å². The van der Waals surface area contributed by atoms with Gasteiger partial charge in [0.25, 0.3) is 0 Å². The molecule has 1 aliphatic rings. The van der Waals surface area contributed by atoms with Crippen molar-refractivity contribution < 1.29 is 4.79 Å². The van der Waals surface area contributed by atoms with Gasteiger partial charge >= 0.3 is 0 Å². The van der Waals surface area contributed by atoms with Gasteiger partial charge in [-0.25, -0.2) is 15.0 Å². The van der Waals surface area contributed by atoms with E-state index >= 15 is 0 Å². The molecule has 6 heteroatoms. The Balaban J connectivity index is 1.89. The molecule has 6 nitrogen and oxygen atoms in total. The molecule has 120 valence electrons. The van der Waals surface area contributed by atoms with Crippen molar-refractivity contribution in [2.45, 2.75) is 39.2 Å². The maximum Gasteiger partial charge on any atom is 0.220 e. The number of nitrogens with one attached hydrogen (secondary N) is 1. The second-order valence-electron chi connectivity index (χ2n) is 5.79. The van der Waals surface area contributed by atoms with Crippen molar-refractivity contribution in [3.05, 3.63) is 42.0 Å². The number of nitrogens with zero attached hydrogens (tertiary/aromatic N) is 4. The second-order valence-corrected chi connectivity index (χ2v) is 5.79. The monoisotopic (exact) mass is 311 g/mol. The van der Waals surface area contributed by atoms with Crippen molar-refractivity contribution >= 4 is 17.5 Å². The Bertz CT molecular complexity index is 689. The summed E-state index contributed by atoms with van der Waals surface area (Å²) in [5, 5.41) is 3.20. The molecular formula is C17H21N5O. The molecule has 1 fully saturated rings. The smallest absolute Gasteiger partial charge is 0.220 e. The van der Waals surface area contributed by atoms with Gasteiger partial charge in [-0.15, -0.1) is 0 Å². The lowest BCUT2D eigenvalue weighted by Crippen LogP contribution is -2.37. The molecular weight excluding hydrogens is 290 g/mol. The van der Waals surface area contributed by atoms with Crippen LogP contribution in [0.5, 0.6) is 0 Å². The van der Waals surface area contributed by atoms with Gasteiger partial charge in [0.1, 0.15) is 17.5 Å². The van der Waals surface area contributed by atoms with E-state index < -0.39 is 0 Å². The molecule has 2 aromatic heterocycles. The summed E-state index contributed by atoms with van der Waals surface area (Å²) >= 11 is 0. The van der Waals surface area contributed by atoms with Crippen LogP contribution in [-0.2, 0) is 4.79 Å². The Morgan fingerprint density at radius 2 is 2.13 bits per heavy atom. The van der Waals surface area contributed by atoms with E-state index in [0.29, 0.717) is 11.6 Å². The maximum atomic E-state index is 11.9. The second kappa shape index (κ2) is 6.73. The van der Waals surface area contributed by atoms with Crippen LogP contribution in [0, 0.1) is 6.92 Å². The first-order valence-corrected chi connectivity index (χ1v) is 7.94. The van der Waals surface area contributed by atoms with E-state index in [9.17, 15) is 4.79 Å². The third-order valence-electron chi connectivity index (χ3n) is 4.03. The summed E-state index contributed by atoms with van der Waals surface area (Å²) in [6.45, 7) is 4.29. The quantitative estimate of drug-likeness (QED) is 0.943. The van der Waals surface area contributed by atoms with Crippen molar-refractivity contribution in [2.75, 3.05) is 11.9 Å². The number of aromatic nitrogens is 3. The zero-order valence-corrected chi connectivity index (χ0v) is 13.5. The molecule has 1 atom stereocenters. The van der Waals surface area contributed by atoms with E-state index in [2.05, 4.69) is 20.3 Å². The molecule has 2 aromatic rings. The van der Waals surface area contributed by atoms with Crippen molar-refractivity contribution in [3.8, 4) is 0 Å². The van der Waals surface area contributed by atoms with Crippen LogP contribution in [0.4, 0.5) is 11.6 Å². The largest absolute Gasteiger partial charge is 0.334 e. The zero-order chi connectivity index (χ0) is 16.2. The average Bonchev–Trinajstić information content (AvgIpc) is 2.55. The number of carbonyl (C=O) groups is 1. The first-order chi connectivity index (χ1) is 11.1. The Labute approximate surface area is 136 Å². The first kappa shape index (κ1) is 15.4. The Morgan fingerprint density at radius 3 is 2.87 bits per heavy atom. The lowest BCUT2D eigenvalue weighted by molar-refractivity contribution is -0.132. The van der Waals surface area contributed by atoms with Gasteiger partial charge in [0.05, 0.1) is 11.7 Å². The molecule has 0 radical (unpaired) electrons. The van der Waals surface area contributed by atoms with Crippen molar-refractivity contribution in [2.24, 2.45) is 0 Å². The van der Waals surface area contributed by atoms with Crippen molar-refractivity contribution in [3.63, 3.8) is 0 Å². The van der Waals surface area contributed by atoms with E-state index in [1.807, 2.05) is 36.1 Å². The molecule has 1 saturated heterocycles. The highest BCUT2D eigenvalue weighted by Gasteiger charge is 2.27. The topological polar surface area (TPSA) is 71.0 Å². The number of piperidine rings is 1. The van der Waals surface area contributed by atoms with Crippen LogP contribution >= 0.6 is 0 Å². The number of carbonyl (C=O) groups excluding carboxylic acids is 1. The summed E-state index contributed by atoms with van der Waals surface area (Å²) in [4.78, 5) is 27.1. The van der Waals surface area contributed by atoms with Gasteiger partial charge in [0, 0.05) is 25.7 Å². The van der Waals surface area contributed by atoms with E-state index in [4.69, 9.17) is 0 Å². The summed E-state index contributed by atoms with van der Waals surface area (Å²) in [7, 11) is 0. The van der Waals surface area contributed by atoms with Gasteiger partial charge < -0.3 is 10.2 Å². The van der Waals surface area contributed by atoms with E-state index in [1.54, 1.807) is 13.1 Å². The number of hydrogen-bond acceptors (Lipinski definition) is 5. The van der Waals surface area contributed by atoms with Gasteiger partial charge in [-0.3, -0.25) is 4.79 Å². The predicted octanol–water partition coefficient (Wildman–Crippen LogP) is 3.00. The number of amides is 1. The van der Waals surface area contributed by atoms with Crippen LogP contribution in [0.2, 0.25) is 0 Å². The Kier molecular flexibility index (Phi) is 4.50. The van der Waals surface area contributed by atoms with Crippen LogP contribution in [-0.4, -0.2) is 32.3 Å². The molecule has 1 N–H and O–H groups in total. The molecule has 3 heterocycles. The molecule has 0 aromatic carbocycles. The molecule has 0 saturated carbocycles. The summed E-state index contributed by atoms with van der Waals surface area (Å²) in [6.07, 6.45) is 4.84. The lowest BCUT2D eigenvalue weighted by atomic mass is 9.99. The van der Waals surface area contributed by atoms with E-state index in [0.717, 1.165) is 37.3 Å². The molecule has 0 aliphatic carbocycles. The number of likely N-dealkylation sites (tertiary alicyclic amines) is 1. The van der Waals surface area contributed by atoms with Crippen LogP contribution < -0.4 is 5.32 Å². The number of pyridine rings is 1. The molecule has 0 unspecified atom stereocenters. The van der Waals surface area contributed by atoms with E-state index in [-0.39, 0.29) is 11.9 Å². The first-order valence-electron chi connectivity index (χ1n) is 7.94. The molecule has 0 bridgehead atoms. The van der Waals surface area contributed by atoms with Crippen LogP contribution in [0.1, 0.15) is 43.7 Å². The normalized spacial score (nSPS) is 17.8. The third-order valence-corrected chi connectivity index (χ3v) is 4.03. The Hall–Kier alpha value is -2.50. The third kappa shape index (κ3) is 3.64. The predicted molar refractivity (Wildman–Crippen MR) is 88.3 cm³/mol. The SMILES string of the molecule is CC(=O)N1CCCC[C@H]1c1cc(Nc2ccccn2)nc(C)n1. The van der Waals surface area contributed by atoms with Gasteiger partial charge in [-0.05, 0) is 38.3 Å². The van der Waals surface area contributed by atoms with Gasteiger partial charge in [0.15, 0.2) is 0 Å². The fourth-order valence-electron chi connectivity index (χ4n) is 3.01. The highest BCUT2D eigenvalue weighted by atomic mass is 16.2. The molecule has 1 amide bonds. The summed E-state index contributed by atoms with van der Waals surface area (Å²) in [6, 6.07) is 7.64. The van der Waals surface area contributed by atoms with Crippen LogP contribution in [0.25, 0.3) is 0 Å². The van der Waals surface area contributed by atoms with Crippen LogP contribution in [0.3, 0.4) is 0 Å². The van der Waals surface area contributed by atoms with Crippen molar-refractivity contribution in [1.29, 1.82) is 0 Å². The average molecular weight is 311 g/mol. The number of hydrogen-bond donors (Lipinski definition) is 1. The highest BCUT2D eigenvalue weighted by molar-refractivity contribution is 5.74. The summed E-state index contributed by atoms with van der Waals surface area (Å²) in [5.74, 6) is 2.24. The minimum atomic E-state index is 0.0345. The zero-order valence-electron chi connectivity index (χ0n) is 13.5. The molecule has 3 rings (SSSR count). The number of aryl methyl sites for hydroxylation is 1. The minimum Gasteiger partial charge on any atom is -0.334 e. The van der Waals surface area contributed by atoms with Crippen molar-refractivity contribution in [1.82, 2.24) is 19.9 Å². The Morgan fingerprint density at radius 1 is 1.26 bits per heavy atom. The minimum absolute atomic E-state index is 0.0345. The van der Waals surface area contributed by atoms with Gasteiger partial charge in [-0.2, -0.15) is 0 Å². The lowest BCUT2D eigenvalue weighted by Gasteiger charge is -2.34. The highest BCUT2D eigenvalue weighted by Crippen LogP contribution is 2.31.